The highest BCUT2D eigenvalue weighted by Gasteiger charge is 2.31. The molecular formula is C12H13F2N. The maximum absolute atomic E-state index is 13.0. The summed E-state index contributed by atoms with van der Waals surface area (Å²) in [4.78, 5) is 0. The molecule has 0 aliphatic carbocycles. The smallest absolute Gasteiger partial charge is 0.126 e. The van der Waals surface area contributed by atoms with Crippen molar-refractivity contribution in [3.8, 4) is 6.07 Å². The average molecular weight is 209 g/mol. The third-order valence-electron chi connectivity index (χ3n) is 2.85. The predicted octanol–water partition coefficient (Wildman–Crippen LogP) is 3.40. The molecule has 0 saturated heterocycles. The van der Waals surface area contributed by atoms with Crippen LogP contribution in [0.3, 0.4) is 0 Å². The molecule has 0 heterocycles. The van der Waals surface area contributed by atoms with Crippen molar-refractivity contribution in [2.45, 2.75) is 26.2 Å². The van der Waals surface area contributed by atoms with Crippen LogP contribution in [0.5, 0.6) is 0 Å². The van der Waals surface area contributed by atoms with Crippen molar-refractivity contribution in [1.29, 1.82) is 5.26 Å². The van der Waals surface area contributed by atoms with Gasteiger partial charge in [0.25, 0.3) is 0 Å². The van der Waals surface area contributed by atoms with E-state index in [2.05, 4.69) is 6.07 Å². The van der Waals surface area contributed by atoms with E-state index in [1.165, 1.54) is 12.1 Å². The summed E-state index contributed by atoms with van der Waals surface area (Å²) in [6.07, 6.45) is 0. The molecule has 0 saturated carbocycles. The third kappa shape index (κ3) is 2.15. The van der Waals surface area contributed by atoms with Crippen molar-refractivity contribution in [3.63, 3.8) is 0 Å². The van der Waals surface area contributed by atoms with Crippen molar-refractivity contribution in [3.05, 3.63) is 35.4 Å². The molecule has 1 aromatic rings. The molecule has 0 aliphatic rings. The summed E-state index contributed by atoms with van der Waals surface area (Å²) in [5, 5.41) is 9.10. The number of nitrogens with zero attached hydrogens (tertiary/aromatic N) is 1. The Morgan fingerprint density at radius 2 is 1.67 bits per heavy atom. The van der Waals surface area contributed by atoms with Gasteiger partial charge in [-0.25, -0.2) is 8.78 Å². The Morgan fingerprint density at radius 3 is 2.00 bits per heavy atom. The maximum Gasteiger partial charge on any atom is 0.126 e. The van der Waals surface area contributed by atoms with Gasteiger partial charge in [-0.3, -0.25) is 0 Å². The molecule has 0 aromatic heterocycles. The van der Waals surface area contributed by atoms with Gasteiger partial charge < -0.3 is 0 Å². The Morgan fingerprint density at radius 1 is 1.20 bits per heavy atom. The zero-order valence-corrected chi connectivity index (χ0v) is 9.01. The zero-order valence-electron chi connectivity index (χ0n) is 9.01. The summed E-state index contributed by atoms with van der Waals surface area (Å²) in [6.45, 7) is 5.39. The minimum absolute atomic E-state index is 0.0105. The lowest BCUT2D eigenvalue weighted by Crippen LogP contribution is -2.26. The van der Waals surface area contributed by atoms with Crippen molar-refractivity contribution in [2.75, 3.05) is 0 Å². The lowest BCUT2D eigenvalue weighted by molar-refractivity contribution is 0.425. The number of hydrogen-bond donors (Lipinski definition) is 0. The molecular weight excluding hydrogens is 196 g/mol. The fraction of sp³-hybridized carbons (Fsp3) is 0.417. The average Bonchev–Trinajstić information content (AvgIpc) is 2.14. The van der Waals surface area contributed by atoms with Gasteiger partial charge in [-0.15, -0.1) is 0 Å². The zero-order chi connectivity index (χ0) is 11.6. The van der Waals surface area contributed by atoms with E-state index in [4.69, 9.17) is 5.26 Å². The van der Waals surface area contributed by atoms with Crippen molar-refractivity contribution in [1.82, 2.24) is 0 Å². The van der Waals surface area contributed by atoms with Gasteiger partial charge in [0.2, 0.25) is 0 Å². The topological polar surface area (TPSA) is 23.8 Å². The van der Waals surface area contributed by atoms with E-state index < -0.39 is 17.0 Å². The molecule has 1 aromatic carbocycles. The van der Waals surface area contributed by atoms with Crippen LogP contribution < -0.4 is 0 Å². The summed E-state index contributed by atoms with van der Waals surface area (Å²) < 4.78 is 26.0. The maximum atomic E-state index is 13.0. The Balaban J connectivity index is 3.31. The molecule has 0 N–H and O–H groups in total. The SMILES string of the molecule is CC(C)C(C)(C#N)c1cc(F)cc(F)c1. The highest BCUT2D eigenvalue weighted by Crippen LogP contribution is 2.31. The van der Waals surface area contributed by atoms with E-state index >= 15 is 0 Å². The van der Waals surface area contributed by atoms with Gasteiger partial charge in [-0.2, -0.15) is 5.26 Å². The fourth-order valence-corrected chi connectivity index (χ4v) is 1.38. The van der Waals surface area contributed by atoms with Crippen LogP contribution in [0.15, 0.2) is 18.2 Å². The van der Waals surface area contributed by atoms with Gasteiger partial charge >= 0.3 is 0 Å². The number of halogens is 2. The Bertz CT molecular complexity index is 386. The van der Waals surface area contributed by atoms with Gasteiger partial charge in [0.1, 0.15) is 11.6 Å². The van der Waals surface area contributed by atoms with Crippen LogP contribution in [0.2, 0.25) is 0 Å². The molecule has 1 atom stereocenters. The summed E-state index contributed by atoms with van der Waals surface area (Å²) >= 11 is 0. The highest BCUT2D eigenvalue weighted by molar-refractivity contribution is 5.33. The van der Waals surface area contributed by atoms with Gasteiger partial charge in [0.05, 0.1) is 11.5 Å². The first-order valence-electron chi connectivity index (χ1n) is 4.78. The van der Waals surface area contributed by atoms with E-state index in [0.29, 0.717) is 5.56 Å². The Hall–Kier alpha value is -1.43. The number of benzene rings is 1. The van der Waals surface area contributed by atoms with Gasteiger partial charge in [-0.05, 0) is 30.5 Å². The second-order valence-electron chi connectivity index (χ2n) is 4.13. The van der Waals surface area contributed by atoms with Crippen LogP contribution in [0.1, 0.15) is 26.3 Å². The van der Waals surface area contributed by atoms with E-state index in [0.717, 1.165) is 6.07 Å². The molecule has 0 spiro atoms. The summed E-state index contributed by atoms with van der Waals surface area (Å²) in [6, 6.07) is 5.35. The summed E-state index contributed by atoms with van der Waals surface area (Å²) in [5.41, 5.74) is -0.472. The predicted molar refractivity (Wildman–Crippen MR) is 54.2 cm³/mol. The van der Waals surface area contributed by atoms with E-state index in [1.54, 1.807) is 6.92 Å². The summed E-state index contributed by atoms with van der Waals surface area (Å²) in [5.74, 6) is -1.30. The standard InChI is InChI=1S/C12H13F2N/c1-8(2)12(3,7-15)9-4-10(13)6-11(14)5-9/h4-6,8H,1-3H3. The molecule has 0 amide bonds. The molecule has 1 rings (SSSR count). The molecule has 1 unspecified atom stereocenters. The van der Waals surface area contributed by atoms with E-state index in [-0.39, 0.29) is 5.92 Å². The van der Waals surface area contributed by atoms with Crippen molar-refractivity contribution >= 4 is 0 Å². The highest BCUT2D eigenvalue weighted by atomic mass is 19.1. The first kappa shape index (κ1) is 11.6. The molecule has 0 aliphatic heterocycles. The lowest BCUT2D eigenvalue weighted by Gasteiger charge is -2.26. The third-order valence-corrected chi connectivity index (χ3v) is 2.85. The summed E-state index contributed by atoms with van der Waals surface area (Å²) in [7, 11) is 0. The van der Waals surface area contributed by atoms with Crippen LogP contribution in [0, 0.1) is 28.9 Å². The van der Waals surface area contributed by atoms with Gasteiger partial charge in [-0.1, -0.05) is 13.8 Å². The Kier molecular flexibility index (Phi) is 3.09. The molecule has 0 bridgehead atoms. The van der Waals surface area contributed by atoms with Crippen LogP contribution >= 0.6 is 0 Å². The van der Waals surface area contributed by atoms with Crippen LogP contribution in [0.4, 0.5) is 8.78 Å². The minimum atomic E-state index is -0.858. The first-order valence-corrected chi connectivity index (χ1v) is 4.78. The number of hydrogen-bond acceptors (Lipinski definition) is 1. The molecule has 15 heavy (non-hydrogen) atoms. The molecule has 1 nitrogen and oxygen atoms in total. The van der Waals surface area contributed by atoms with Crippen molar-refractivity contribution in [2.24, 2.45) is 5.92 Å². The quantitative estimate of drug-likeness (QED) is 0.732. The number of rotatable bonds is 2. The fourth-order valence-electron chi connectivity index (χ4n) is 1.38. The van der Waals surface area contributed by atoms with Gasteiger partial charge in [0.15, 0.2) is 0 Å². The first-order chi connectivity index (χ1) is 6.90. The van der Waals surface area contributed by atoms with Crippen molar-refractivity contribution < 1.29 is 8.78 Å². The van der Waals surface area contributed by atoms with Crippen LogP contribution in [-0.4, -0.2) is 0 Å². The van der Waals surface area contributed by atoms with E-state index in [1.807, 2.05) is 13.8 Å². The monoisotopic (exact) mass is 209 g/mol. The second kappa shape index (κ2) is 3.98. The normalized spacial score (nSPS) is 14.7. The largest absolute Gasteiger partial charge is 0.207 e. The molecule has 0 radical (unpaired) electrons. The molecule has 0 fully saturated rings. The Labute approximate surface area is 88.3 Å². The van der Waals surface area contributed by atoms with E-state index in [9.17, 15) is 8.78 Å². The number of nitriles is 1. The van der Waals surface area contributed by atoms with Crippen LogP contribution in [0.25, 0.3) is 0 Å². The molecule has 80 valence electrons. The van der Waals surface area contributed by atoms with Gasteiger partial charge in [0, 0.05) is 6.07 Å². The minimum Gasteiger partial charge on any atom is -0.207 e. The molecule has 3 heteroatoms. The van der Waals surface area contributed by atoms with Crippen LogP contribution in [-0.2, 0) is 5.41 Å². The lowest BCUT2D eigenvalue weighted by atomic mass is 9.74. The second-order valence-corrected chi connectivity index (χ2v) is 4.13.